The highest BCUT2D eigenvalue weighted by molar-refractivity contribution is 5.08. The third kappa shape index (κ3) is 3.16. The summed E-state index contributed by atoms with van der Waals surface area (Å²) in [6.07, 6.45) is 3.90. The summed E-state index contributed by atoms with van der Waals surface area (Å²) in [6, 6.07) is 0.337. The molecule has 1 aromatic rings. The smallest absolute Gasteiger partial charge is 0.0587 e. The van der Waals surface area contributed by atoms with Gasteiger partial charge in [-0.25, -0.2) is 0 Å². The van der Waals surface area contributed by atoms with Crippen LogP contribution < -0.4 is 5.32 Å². The predicted molar refractivity (Wildman–Crippen MR) is 51.5 cm³/mol. The summed E-state index contributed by atoms with van der Waals surface area (Å²) >= 11 is 0. The van der Waals surface area contributed by atoms with Crippen LogP contribution in [0.15, 0.2) is 12.4 Å². The zero-order valence-electron chi connectivity index (χ0n) is 8.45. The molecule has 1 unspecified atom stereocenters. The fourth-order valence-corrected chi connectivity index (χ4v) is 1.16. The Hall–Kier alpha value is -0.870. The molecule has 0 bridgehead atoms. The number of nitrogens with zero attached hydrogens (tertiary/aromatic N) is 2. The van der Waals surface area contributed by atoms with Crippen molar-refractivity contribution in [2.24, 2.45) is 7.05 Å². The zero-order chi connectivity index (χ0) is 9.68. The Labute approximate surface area is 78.9 Å². The molecule has 1 atom stereocenters. The van der Waals surface area contributed by atoms with E-state index in [4.69, 9.17) is 4.74 Å². The van der Waals surface area contributed by atoms with Crippen LogP contribution in [-0.2, 0) is 11.8 Å². The highest BCUT2D eigenvalue weighted by atomic mass is 16.5. The Bertz CT molecular complexity index is 247. The van der Waals surface area contributed by atoms with Gasteiger partial charge in [0.1, 0.15) is 0 Å². The lowest BCUT2D eigenvalue weighted by Gasteiger charge is -2.10. The number of hydrogen-bond acceptors (Lipinski definition) is 3. The molecule has 1 aromatic heterocycles. The van der Waals surface area contributed by atoms with Gasteiger partial charge in [-0.15, -0.1) is 0 Å². The van der Waals surface area contributed by atoms with Gasteiger partial charge in [0.25, 0.3) is 0 Å². The molecule has 1 heterocycles. The third-order valence-corrected chi connectivity index (χ3v) is 1.98. The van der Waals surface area contributed by atoms with Crippen LogP contribution in [0.1, 0.15) is 18.5 Å². The van der Waals surface area contributed by atoms with E-state index in [0.29, 0.717) is 6.04 Å². The molecule has 4 heteroatoms. The van der Waals surface area contributed by atoms with E-state index < -0.39 is 0 Å². The van der Waals surface area contributed by atoms with E-state index in [-0.39, 0.29) is 0 Å². The van der Waals surface area contributed by atoms with E-state index in [2.05, 4.69) is 17.3 Å². The minimum absolute atomic E-state index is 0.337. The molecule has 0 aliphatic rings. The van der Waals surface area contributed by atoms with E-state index in [1.807, 2.05) is 24.1 Å². The standard InChI is InChI=1S/C9H17N3O/c1-8(10-4-5-13-3)9-6-11-12(2)7-9/h6-8,10H,4-5H2,1-3H3. The van der Waals surface area contributed by atoms with Gasteiger partial charge in [0.15, 0.2) is 0 Å². The Morgan fingerprint density at radius 3 is 3.00 bits per heavy atom. The molecule has 1 rings (SSSR count). The third-order valence-electron chi connectivity index (χ3n) is 1.98. The van der Waals surface area contributed by atoms with Crippen molar-refractivity contribution in [1.29, 1.82) is 0 Å². The Morgan fingerprint density at radius 2 is 2.46 bits per heavy atom. The van der Waals surface area contributed by atoms with Crippen LogP contribution in [0.4, 0.5) is 0 Å². The number of ether oxygens (including phenoxy) is 1. The van der Waals surface area contributed by atoms with Crippen LogP contribution in [0, 0.1) is 0 Å². The quantitative estimate of drug-likeness (QED) is 0.684. The maximum atomic E-state index is 4.95. The van der Waals surface area contributed by atoms with Crippen LogP contribution in [0.3, 0.4) is 0 Å². The van der Waals surface area contributed by atoms with Gasteiger partial charge in [-0.1, -0.05) is 0 Å². The fourth-order valence-electron chi connectivity index (χ4n) is 1.16. The second-order valence-corrected chi connectivity index (χ2v) is 3.12. The minimum Gasteiger partial charge on any atom is -0.383 e. The van der Waals surface area contributed by atoms with Gasteiger partial charge in [0.05, 0.1) is 12.8 Å². The maximum absolute atomic E-state index is 4.95. The van der Waals surface area contributed by atoms with Crippen molar-refractivity contribution < 1.29 is 4.74 Å². The molecule has 0 aliphatic carbocycles. The SMILES string of the molecule is COCCNC(C)c1cnn(C)c1. The number of methoxy groups -OCH3 is 1. The van der Waals surface area contributed by atoms with Gasteiger partial charge in [-0.2, -0.15) is 5.10 Å². The van der Waals surface area contributed by atoms with Crippen molar-refractivity contribution in [2.45, 2.75) is 13.0 Å². The molecule has 1 N–H and O–H groups in total. The van der Waals surface area contributed by atoms with Crippen LogP contribution in [-0.4, -0.2) is 30.0 Å². The first kappa shape index (κ1) is 10.2. The van der Waals surface area contributed by atoms with Gasteiger partial charge < -0.3 is 10.1 Å². The average molecular weight is 183 g/mol. The molecule has 4 nitrogen and oxygen atoms in total. The summed E-state index contributed by atoms with van der Waals surface area (Å²) in [4.78, 5) is 0. The second-order valence-electron chi connectivity index (χ2n) is 3.12. The van der Waals surface area contributed by atoms with Gasteiger partial charge >= 0.3 is 0 Å². The first-order chi connectivity index (χ1) is 6.24. The van der Waals surface area contributed by atoms with Crippen molar-refractivity contribution in [3.63, 3.8) is 0 Å². The predicted octanol–water partition coefficient (Wildman–Crippen LogP) is 0.717. The van der Waals surface area contributed by atoms with Gasteiger partial charge in [0, 0.05) is 38.5 Å². The van der Waals surface area contributed by atoms with Crippen molar-refractivity contribution in [2.75, 3.05) is 20.3 Å². The normalized spacial score (nSPS) is 13.2. The van der Waals surface area contributed by atoms with Crippen molar-refractivity contribution >= 4 is 0 Å². The number of aromatic nitrogens is 2. The molecule has 13 heavy (non-hydrogen) atoms. The Balaban J connectivity index is 2.35. The van der Waals surface area contributed by atoms with E-state index >= 15 is 0 Å². The number of hydrogen-bond donors (Lipinski definition) is 1. The molecule has 0 saturated heterocycles. The first-order valence-corrected chi connectivity index (χ1v) is 4.45. The summed E-state index contributed by atoms with van der Waals surface area (Å²) in [7, 11) is 3.63. The largest absolute Gasteiger partial charge is 0.383 e. The lowest BCUT2D eigenvalue weighted by Crippen LogP contribution is -2.22. The lowest BCUT2D eigenvalue weighted by molar-refractivity contribution is 0.196. The molecule has 74 valence electrons. The molecule has 0 saturated carbocycles. The Morgan fingerprint density at radius 1 is 1.69 bits per heavy atom. The first-order valence-electron chi connectivity index (χ1n) is 4.45. The summed E-state index contributed by atoms with van der Waals surface area (Å²) in [5.41, 5.74) is 1.21. The number of aryl methyl sites for hydroxylation is 1. The van der Waals surface area contributed by atoms with Crippen molar-refractivity contribution in [1.82, 2.24) is 15.1 Å². The highest BCUT2D eigenvalue weighted by Gasteiger charge is 2.05. The van der Waals surface area contributed by atoms with Crippen LogP contribution in [0.5, 0.6) is 0 Å². The molecule has 0 aliphatic heterocycles. The molecular weight excluding hydrogens is 166 g/mol. The second kappa shape index (κ2) is 4.99. The molecular formula is C9H17N3O. The maximum Gasteiger partial charge on any atom is 0.0587 e. The fraction of sp³-hybridized carbons (Fsp3) is 0.667. The molecule has 0 aromatic carbocycles. The summed E-state index contributed by atoms with van der Waals surface area (Å²) in [5, 5.41) is 7.45. The van der Waals surface area contributed by atoms with Crippen molar-refractivity contribution in [3.8, 4) is 0 Å². The molecule has 0 spiro atoms. The van der Waals surface area contributed by atoms with E-state index in [0.717, 1.165) is 13.2 Å². The van der Waals surface area contributed by atoms with Crippen molar-refractivity contribution in [3.05, 3.63) is 18.0 Å². The van der Waals surface area contributed by atoms with Crippen LogP contribution in [0.25, 0.3) is 0 Å². The molecule has 0 amide bonds. The number of nitrogens with one attached hydrogen (secondary N) is 1. The van der Waals surface area contributed by atoms with Gasteiger partial charge in [-0.3, -0.25) is 4.68 Å². The number of rotatable bonds is 5. The highest BCUT2D eigenvalue weighted by Crippen LogP contribution is 2.09. The summed E-state index contributed by atoms with van der Waals surface area (Å²) in [6.45, 7) is 3.73. The Kier molecular flexibility index (Phi) is 3.92. The summed E-state index contributed by atoms with van der Waals surface area (Å²) in [5.74, 6) is 0. The van der Waals surface area contributed by atoms with E-state index in [1.54, 1.807) is 7.11 Å². The average Bonchev–Trinajstić information content (AvgIpc) is 2.52. The monoisotopic (exact) mass is 183 g/mol. The minimum atomic E-state index is 0.337. The zero-order valence-corrected chi connectivity index (χ0v) is 8.45. The van der Waals surface area contributed by atoms with Gasteiger partial charge in [-0.05, 0) is 6.92 Å². The van der Waals surface area contributed by atoms with Crippen LogP contribution in [0.2, 0.25) is 0 Å². The lowest BCUT2D eigenvalue weighted by atomic mass is 10.2. The van der Waals surface area contributed by atoms with Crippen LogP contribution >= 0.6 is 0 Å². The van der Waals surface area contributed by atoms with E-state index in [9.17, 15) is 0 Å². The van der Waals surface area contributed by atoms with E-state index in [1.165, 1.54) is 5.56 Å². The summed E-state index contributed by atoms with van der Waals surface area (Å²) < 4.78 is 6.76. The molecule has 0 fully saturated rings. The van der Waals surface area contributed by atoms with Gasteiger partial charge in [0.2, 0.25) is 0 Å². The topological polar surface area (TPSA) is 39.1 Å². The molecule has 0 radical (unpaired) electrons.